The Morgan fingerprint density at radius 2 is 2.17 bits per heavy atom. The highest BCUT2D eigenvalue weighted by Crippen LogP contribution is 2.21. The number of nitrogens with one attached hydrogen (secondary N) is 1. The number of amides is 2. The van der Waals surface area contributed by atoms with Gasteiger partial charge in [-0.05, 0) is 43.7 Å². The van der Waals surface area contributed by atoms with Gasteiger partial charge in [-0.2, -0.15) is 0 Å². The van der Waals surface area contributed by atoms with Crippen molar-refractivity contribution in [3.63, 3.8) is 0 Å². The fraction of sp³-hybridized carbons (Fsp3) is 0.389. The molecule has 0 unspecified atom stereocenters. The van der Waals surface area contributed by atoms with Crippen LogP contribution in [0.25, 0.3) is 5.69 Å². The molecule has 1 aliphatic heterocycles. The molecule has 0 aliphatic carbocycles. The molecule has 1 atom stereocenters. The highest BCUT2D eigenvalue weighted by atomic mass is 19.1. The number of aromatic nitrogens is 1. The van der Waals surface area contributed by atoms with E-state index >= 15 is 0 Å². The number of carbonyl (C=O) groups is 1. The monoisotopic (exact) mass is 331 g/mol. The molecule has 1 N–H and O–H groups in total. The van der Waals surface area contributed by atoms with E-state index in [1.807, 2.05) is 19.1 Å². The third-order valence-electron chi connectivity index (χ3n) is 4.21. The van der Waals surface area contributed by atoms with E-state index in [2.05, 4.69) is 5.32 Å². The molecule has 0 bridgehead atoms. The van der Waals surface area contributed by atoms with Crippen LogP contribution < -0.4 is 5.32 Å². The third kappa shape index (κ3) is 3.76. The second-order valence-electron chi connectivity index (χ2n) is 5.95. The minimum atomic E-state index is -0.331. The number of ether oxygens (including phenoxy) is 1. The molecule has 1 aliphatic rings. The topological polar surface area (TPSA) is 46.5 Å². The highest BCUT2D eigenvalue weighted by Gasteiger charge is 2.26. The summed E-state index contributed by atoms with van der Waals surface area (Å²) in [7, 11) is 0. The number of hydrogen-bond acceptors (Lipinski definition) is 2. The van der Waals surface area contributed by atoms with Crippen LogP contribution in [0.2, 0.25) is 0 Å². The van der Waals surface area contributed by atoms with Crippen LogP contribution in [0.3, 0.4) is 0 Å². The summed E-state index contributed by atoms with van der Waals surface area (Å²) < 4.78 is 21.1. The number of urea groups is 1. The molecule has 1 saturated heterocycles. The van der Waals surface area contributed by atoms with Crippen LogP contribution in [-0.4, -0.2) is 41.8 Å². The van der Waals surface area contributed by atoms with Crippen LogP contribution in [0.15, 0.2) is 42.7 Å². The van der Waals surface area contributed by atoms with Gasteiger partial charge >= 0.3 is 6.03 Å². The Morgan fingerprint density at radius 3 is 2.92 bits per heavy atom. The Hall–Kier alpha value is -2.34. The highest BCUT2D eigenvalue weighted by molar-refractivity contribution is 5.89. The molecule has 0 spiro atoms. The summed E-state index contributed by atoms with van der Waals surface area (Å²) in [6.45, 7) is 4.76. The van der Waals surface area contributed by atoms with Crippen molar-refractivity contribution in [2.75, 3.05) is 31.6 Å². The van der Waals surface area contributed by atoms with Crippen molar-refractivity contribution in [3.8, 4) is 5.69 Å². The normalized spacial score (nSPS) is 17.2. The molecule has 1 aromatic carbocycles. The van der Waals surface area contributed by atoms with E-state index in [1.165, 1.54) is 6.07 Å². The van der Waals surface area contributed by atoms with Gasteiger partial charge in [-0.3, -0.25) is 0 Å². The average molecular weight is 331 g/mol. The molecule has 3 rings (SSSR count). The van der Waals surface area contributed by atoms with Crippen molar-refractivity contribution in [3.05, 3.63) is 48.5 Å². The van der Waals surface area contributed by atoms with Gasteiger partial charge in [0.05, 0.1) is 12.3 Å². The standard InChI is InChI=1S/C18H22FN3O2/c1-2-24-13-14-7-10-22(12-14)18(23)20-15-5-6-16(19)17(11-15)21-8-3-4-9-21/h3-6,8-9,11,14H,2,7,10,12-13H2,1H3,(H,20,23)/t14-/m0/s1. The molecule has 0 radical (unpaired) electrons. The van der Waals surface area contributed by atoms with Crippen LogP contribution in [0.5, 0.6) is 0 Å². The van der Waals surface area contributed by atoms with E-state index in [9.17, 15) is 9.18 Å². The number of likely N-dealkylation sites (tertiary alicyclic amines) is 1. The first-order chi connectivity index (χ1) is 11.7. The van der Waals surface area contributed by atoms with E-state index in [4.69, 9.17) is 4.74 Å². The van der Waals surface area contributed by atoms with Crippen molar-refractivity contribution in [2.24, 2.45) is 5.92 Å². The Kier molecular flexibility index (Phi) is 5.15. The fourth-order valence-corrected chi connectivity index (χ4v) is 2.92. The molecular formula is C18H22FN3O2. The number of benzene rings is 1. The lowest BCUT2D eigenvalue weighted by Crippen LogP contribution is -2.33. The average Bonchev–Trinajstić information content (AvgIpc) is 3.26. The van der Waals surface area contributed by atoms with Gasteiger partial charge < -0.3 is 19.5 Å². The van der Waals surface area contributed by atoms with Gasteiger partial charge in [0.25, 0.3) is 0 Å². The van der Waals surface area contributed by atoms with E-state index in [0.29, 0.717) is 37.1 Å². The summed E-state index contributed by atoms with van der Waals surface area (Å²) >= 11 is 0. The van der Waals surface area contributed by atoms with Gasteiger partial charge in [0, 0.05) is 43.7 Å². The van der Waals surface area contributed by atoms with Crippen LogP contribution in [-0.2, 0) is 4.74 Å². The van der Waals surface area contributed by atoms with Crippen molar-refractivity contribution in [2.45, 2.75) is 13.3 Å². The zero-order valence-electron chi connectivity index (χ0n) is 13.7. The van der Waals surface area contributed by atoms with Gasteiger partial charge in [-0.15, -0.1) is 0 Å². The Labute approximate surface area is 141 Å². The molecule has 6 heteroatoms. The van der Waals surface area contributed by atoms with Crippen LogP contribution in [0.4, 0.5) is 14.9 Å². The van der Waals surface area contributed by atoms with E-state index in [-0.39, 0.29) is 11.8 Å². The molecule has 24 heavy (non-hydrogen) atoms. The molecule has 2 aromatic rings. The SMILES string of the molecule is CCOC[C@H]1CCN(C(=O)Nc2ccc(F)c(-n3cccc3)c2)C1. The number of carbonyl (C=O) groups excluding carboxylic acids is 1. The second-order valence-corrected chi connectivity index (χ2v) is 5.95. The summed E-state index contributed by atoms with van der Waals surface area (Å²) in [6, 6.07) is 8.09. The van der Waals surface area contributed by atoms with Gasteiger partial charge in [-0.25, -0.2) is 9.18 Å². The lowest BCUT2D eigenvalue weighted by molar-refractivity contribution is 0.113. The number of nitrogens with zero attached hydrogens (tertiary/aromatic N) is 2. The van der Waals surface area contributed by atoms with Gasteiger partial charge in [0.15, 0.2) is 0 Å². The van der Waals surface area contributed by atoms with Crippen LogP contribution in [0.1, 0.15) is 13.3 Å². The number of hydrogen-bond donors (Lipinski definition) is 1. The van der Waals surface area contributed by atoms with Crippen molar-refractivity contribution < 1.29 is 13.9 Å². The lowest BCUT2D eigenvalue weighted by atomic mass is 10.1. The van der Waals surface area contributed by atoms with Gasteiger partial charge in [0.2, 0.25) is 0 Å². The Morgan fingerprint density at radius 1 is 1.38 bits per heavy atom. The molecule has 128 valence electrons. The van der Waals surface area contributed by atoms with Gasteiger partial charge in [-0.1, -0.05) is 0 Å². The summed E-state index contributed by atoms with van der Waals surface area (Å²) in [6.07, 6.45) is 4.48. The molecule has 5 nitrogen and oxygen atoms in total. The maximum atomic E-state index is 14.0. The number of halogens is 1. The molecule has 1 aromatic heterocycles. The first-order valence-electron chi connectivity index (χ1n) is 8.24. The summed E-state index contributed by atoms with van der Waals surface area (Å²) in [5.41, 5.74) is 0.992. The Balaban J connectivity index is 1.64. The minimum absolute atomic E-state index is 0.154. The van der Waals surface area contributed by atoms with Crippen molar-refractivity contribution in [1.82, 2.24) is 9.47 Å². The predicted octanol–water partition coefficient (Wildman–Crippen LogP) is 3.51. The van der Waals surface area contributed by atoms with Crippen molar-refractivity contribution in [1.29, 1.82) is 0 Å². The number of anilines is 1. The summed E-state index contributed by atoms with van der Waals surface area (Å²) in [4.78, 5) is 14.2. The third-order valence-corrected chi connectivity index (χ3v) is 4.21. The van der Waals surface area contributed by atoms with Crippen LogP contribution in [0, 0.1) is 11.7 Å². The molecule has 1 fully saturated rings. The molecule has 2 amide bonds. The lowest BCUT2D eigenvalue weighted by Gasteiger charge is -2.18. The summed E-state index contributed by atoms with van der Waals surface area (Å²) in [5, 5.41) is 2.86. The van der Waals surface area contributed by atoms with Crippen molar-refractivity contribution >= 4 is 11.7 Å². The van der Waals surface area contributed by atoms with Gasteiger partial charge in [0.1, 0.15) is 5.82 Å². The largest absolute Gasteiger partial charge is 0.381 e. The first-order valence-corrected chi connectivity index (χ1v) is 8.24. The first kappa shape index (κ1) is 16.5. The molecule has 0 saturated carbocycles. The second kappa shape index (κ2) is 7.49. The predicted molar refractivity (Wildman–Crippen MR) is 90.9 cm³/mol. The van der Waals surface area contributed by atoms with E-state index < -0.39 is 0 Å². The maximum absolute atomic E-state index is 14.0. The molecular weight excluding hydrogens is 309 g/mol. The Bertz CT molecular complexity index is 688. The summed E-state index contributed by atoms with van der Waals surface area (Å²) in [5.74, 6) is 0.0569. The van der Waals surface area contributed by atoms with Crippen LogP contribution >= 0.6 is 0 Å². The van der Waals surface area contributed by atoms with E-state index in [1.54, 1.807) is 34.0 Å². The number of rotatable bonds is 5. The zero-order valence-corrected chi connectivity index (χ0v) is 13.7. The van der Waals surface area contributed by atoms with E-state index in [0.717, 1.165) is 13.0 Å². The zero-order chi connectivity index (χ0) is 16.9. The fourth-order valence-electron chi connectivity index (χ4n) is 2.92. The maximum Gasteiger partial charge on any atom is 0.321 e. The minimum Gasteiger partial charge on any atom is -0.381 e. The smallest absolute Gasteiger partial charge is 0.321 e. The molecule has 2 heterocycles. The quantitative estimate of drug-likeness (QED) is 0.911.